The first-order valence-electron chi connectivity index (χ1n) is 7.76. The minimum atomic E-state index is -4.43. The molecule has 1 saturated carbocycles. The highest BCUT2D eigenvalue weighted by molar-refractivity contribution is 7.90. The fourth-order valence-corrected chi connectivity index (χ4v) is 3.68. The Morgan fingerprint density at radius 2 is 1.84 bits per heavy atom. The van der Waals surface area contributed by atoms with E-state index >= 15 is 0 Å². The summed E-state index contributed by atoms with van der Waals surface area (Å²) >= 11 is 0. The van der Waals surface area contributed by atoms with Gasteiger partial charge in [0.2, 0.25) is 0 Å². The highest BCUT2D eigenvalue weighted by Gasteiger charge is 2.37. The standard InChI is InChI=1S/C16H20F3NO4S/c1-11(10-25(2,22)23)20(13-5-6-13)15(21)9-24-14-7-3-12(4-8-14)16(17,18)19/h3-4,7-8,11,13H,5-6,9-10H2,1-2H3/t11-/m1/s1. The van der Waals surface area contributed by atoms with Gasteiger partial charge in [0.1, 0.15) is 15.6 Å². The van der Waals surface area contributed by atoms with Gasteiger partial charge in [-0.25, -0.2) is 8.42 Å². The highest BCUT2D eigenvalue weighted by Crippen LogP contribution is 2.31. The Labute approximate surface area is 144 Å². The van der Waals surface area contributed by atoms with E-state index in [9.17, 15) is 26.4 Å². The Balaban J connectivity index is 1.97. The van der Waals surface area contributed by atoms with Crippen LogP contribution in [0.2, 0.25) is 0 Å². The molecule has 0 bridgehead atoms. The van der Waals surface area contributed by atoms with Gasteiger partial charge in [-0.15, -0.1) is 0 Å². The van der Waals surface area contributed by atoms with Crippen LogP contribution in [0, 0.1) is 0 Å². The van der Waals surface area contributed by atoms with Crippen LogP contribution in [0.4, 0.5) is 13.2 Å². The van der Waals surface area contributed by atoms with Crippen molar-refractivity contribution in [3.8, 4) is 5.75 Å². The molecule has 0 spiro atoms. The molecule has 5 nitrogen and oxygen atoms in total. The van der Waals surface area contributed by atoms with Gasteiger partial charge in [0.05, 0.1) is 11.3 Å². The molecule has 0 heterocycles. The summed E-state index contributed by atoms with van der Waals surface area (Å²) in [7, 11) is -3.23. The third kappa shape index (κ3) is 5.91. The van der Waals surface area contributed by atoms with Crippen LogP contribution < -0.4 is 4.74 Å². The van der Waals surface area contributed by atoms with Crippen LogP contribution in [0.15, 0.2) is 24.3 Å². The second-order valence-electron chi connectivity index (χ2n) is 6.28. The first-order chi connectivity index (χ1) is 11.5. The quantitative estimate of drug-likeness (QED) is 0.730. The Bertz CT molecular complexity index is 712. The molecule has 1 amide bonds. The van der Waals surface area contributed by atoms with Gasteiger partial charge >= 0.3 is 6.18 Å². The maximum atomic E-state index is 12.5. The summed E-state index contributed by atoms with van der Waals surface area (Å²) in [5.41, 5.74) is -0.799. The van der Waals surface area contributed by atoms with Crippen LogP contribution in [0.1, 0.15) is 25.3 Å². The molecule has 25 heavy (non-hydrogen) atoms. The normalized spacial score (nSPS) is 16.4. The van der Waals surface area contributed by atoms with Crippen LogP contribution in [-0.2, 0) is 20.8 Å². The molecule has 1 aromatic carbocycles. The number of amides is 1. The van der Waals surface area contributed by atoms with E-state index in [-0.39, 0.29) is 30.1 Å². The lowest BCUT2D eigenvalue weighted by Gasteiger charge is -2.29. The lowest BCUT2D eigenvalue weighted by molar-refractivity contribution is -0.138. The number of rotatable bonds is 7. The monoisotopic (exact) mass is 379 g/mol. The van der Waals surface area contributed by atoms with Gasteiger partial charge in [0, 0.05) is 18.3 Å². The second-order valence-corrected chi connectivity index (χ2v) is 8.47. The number of ether oxygens (including phenoxy) is 1. The Morgan fingerprint density at radius 3 is 2.28 bits per heavy atom. The first-order valence-corrected chi connectivity index (χ1v) is 9.82. The molecule has 1 aliphatic rings. The number of hydrogen-bond donors (Lipinski definition) is 0. The van der Waals surface area contributed by atoms with Crippen molar-refractivity contribution in [2.45, 2.75) is 38.0 Å². The van der Waals surface area contributed by atoms with Gasteiger partial charge in [0.15, 0.2) is 6.61 Å². The third-order valence-electron chi connectivity index (χ3n) is 3.79. The topological polar surface area (TPSA) is 63.7 Å². The number of benzene rings is 1. The predicted octanol–water partition coefficient (Wildman–Crippen LogP) is 2.51. The molecule has 2 rings (SSSR count). The molecular formula is C16H20F3NO4S. The predicted molar refractivity (Wildman–Crippen MR) is 86.0 cm³/mol. The van der Waals surface area contributed by atoms with E-state index in [0.717, 1.165) is 43.4 Å². The van der Waals surface area contributed by atoms with E-state index in [1.807, 2.05) is 0 Å². The van der Waals surface area contributed by atoms with E-state index in [1.54, 1.807) is 6.92 Å². The molecule has 0 N–H and O–H groups in total. The zero-order valence-electron chi connectivity index (χ0n) is 13.9. The summed E-state index contributed by atoms with van der Waals surface area (Å²) in [6.45, 7) is 1.31. The molecule has 1 fully saturated rings. The lowest BCUT2D eigenvalue weighted by Crippen LogP contribution is -2.45. The summed E-state index contributed by atoms with van der Waals surface area (Å²) < 4.78 is 65.7. The maximum Gasteiger partial charge on any atom is 0.416 e. The van der Waals surface area contributed by atoms with Crippen molar-refractivity contribution in [2.75, 3.05) is 18.6 Å². The number of halogens is 3. The van der Waals surface area contributed by atoms with Crippen LogP contribution in [0.5, 0.6) is 5.75 Å². The van der Waals surface area contributed by atoms with Gasteiger partial charge in [-0.3, -0.25) is 4.79 Å². The lowest BCUT2D eigenvalue weighted by atomic mass is 10.2. The van der Waals surface area contributed by atoms with Crippen molar-refractivity contribution in [1.29, 1.82) is 0 Å². The largest absolute Gasteiger partial charge is 0.484 e. The SMILES string of the molecule is C[C@H](CS(C)(=O)=O)N(C(=O)COc1ccc(C(F)(F)F)cc1)C1CC1. The molecule has 1 aromatic rings. The number of nitrogens with zero attached hydrogens (tertiary/aromatic N) is 1. The number of carbonyl (C=O) groups is 1. The number of sulfone groups is 1. The van der Waals surface area contributed by atoms with Crippen molar-refractivity contribution in [3.05, 3.63) is 29.8 Å². The zero-order valence-corrected chi connectivity index (χ0v) is 14.7. The molecule has 0 saturated heterocycles. The molecule has 1 atom stereocenters. The van der Waals surface area contributed by atoms with Gasteiger partial charge in [-0.05, 0) is 44.0 Å². The summed E-state index contributed by atoms with van der Waals surface area (Å²) in [5.74, 6) is -0.374. The van der Waals surface area contributed by atoms with Crippen LogP contribution in [0.3, 0.4) is 0 Å². The molecule has 0 aromatic heterocycles. The van der Waals surface area contributed by atoms with E-state index in [4.69, 9.17) is 4.74 Å². The van der Waals surface area contributed by atoms with Crippen LogP contribution >= 0.6 is 0 Å². The van der Waals surface area contributed by atoms with Crippen molar-refractivity contribution < 1.29 is 31.1 Å². The van der Waals surface area contributed by atoms with Crippen molar-refractivity contribution in [3.63, 3.8) is 0 Å². The van der Waals surface area contributed by atoms with Gasteiger partial charge in [0.25, 0.3) is 5.91 Å². The minimum Gasteiger partial charge on any atom is -0.484 e. The third-order valence-corrected chi connectivity index (χ3v) is 4.88. The van der Waals surface area contributed by atoms with E-state index in [1.165, 1.54) is 4.90 Å². The van der Waals surface area contributed by atoms with Gasteiger partial charge in [-0.1, -0.05) is 0 Å². The molecule has 0 aliphatic heterocycles. The smallest absolute Gasteiger partial charge is 0.416 e. The number of carbonyl (C=O) groups excluding carboxylic acids is 1. The number of alkyl halides is 3. The fraction of sp³-hybridized carbons (Fsp3) is 0.562. The van der Waals surface area contributed by atoms with Crippen LogP contribution in [0.25, 0.3) is 0 Å². The minimum absolute atomic E-state index is 0.000422. The molecule has 140 valence electrons. The fourth-order valence-electron chi connectivity index (χ4n) is 2.64. The van der Waals surface area contributed by atoms with Crippen molar-refractivity contribution >= 4 is 15.7 Å². The molecular weight excluding hydrogens is 359 g/mol. The highest BCUT2D eigenvalue weighted by atomic mass is 32.2. The first kappa shape index (κ1) is 19.6. The van der Waals surface area contributed by atoms with E-state index in [2.05, 4.69) is 0 Å². The maximum absolute atomic E-state index is 12.5. The number of hydrogen-bond acceptors (Lipinski definition) is 4. The van der Waals surface area contributed by atoms with Crippen LogP contribution in [-0.4, -0.2) is 49.9 Å². The molecule has 0 radical (unpaired) electrons. The summed E-state index contributed by atoms with van der Waals surface area (Å²) in [5, 5.41) is 0. The van der Waals surface area contributed by atoms with E-state index in [0.29, 0.717) is 0 Å². The van der Waals surface area contributed by atoms with Crippen molar-refractivity contribution in [1.82, 2.24) is 4.90 Å². The van der Waals surface area contributed by atoms with Gasteiger partial charge < -0.3 is 9.64 Å². The molecule has 9 heteroatoms. The van der Waals surface area contributed by atoms with E-state index < -0.39 is 27.6 Å². The second kappa shape index (κ2) is 7.23. The van der Waals surface area contributed by atoms with Crippen molar-refractivity contribution in [2.24, 2.45) is 0 Å². The average molecular weight is 379 g/mol. The molecule has 0 unspecified atom stereocenters. The summed E-state index contributed by atoms with van der Waals surface area (Å²) in [4.78, 5) is 13.9. The molecule has 1 aliphatic carbocycles. The average Bonchev–Trinajstić information content (AvgIpc) is 3.27. The Morgan fingerprint density at radius 1 is 1.28 bits per heavy atom. The Hall–Kier alpha value is -1.77. The van der Waals surface area contributed by atoms with Gasteiger partial charge in [-0.2, -0.15) is 13.2 Å². The summed E-state index contributed by atoms with van der Waals surface area (Å²) in [6, 6.07) is 3.58. The summed E-state index contributed by atoms with van der Waals surface area (Å²) in [6.07, 6.45) is -1.71. The Kier molecular flexibility index (Phi) is 5.65. The zero-order chi connectivity index (χ0) is 18.8.